The summed E-state index contributed by atoms with van der Waals surface area (Å²) in [4.78, 5) is 27.0. The summed E-state index contributed by atoms with van der Waals surface area (Å²) < 4.78 is 5.42. The van der Waals surface area contributed by atoms with Gasteiger partial charge in [0, 0.05) is 43.0 Å². The number of hydrogen-bond donors (Lipinski definition) is 2. The molecule has 0 saturated carbocycles. The molecule has 0 radical (unpaired) electrons. The summed E-state index contributed by atoms with van der Waals surface area (Å²) in [7, 11) is 1.90. The number of halogens is 1. The van der Waals surface area contributed by atoms with E-state index < -0.39 is 0 Å². The minimum Gasteiger partial charge on any atom is -0.368 e. The largest absolute Gasteiger partial charge is 0.368 e. The highest BCUT2D eigenvalue weighted by Gasteiger charge is 2.36. The van der Waals surface area contributed by atoms with Crippen molar-refractivity contribution in [2.24, 2.45) is 0 Å². The van der Waals surface area contributed by atoms with Crippen LogP contribution in [0.5, 0.6) is 0 Å². The van der Waals surface area contributed by atoms with Crippen LogP contribution < -0.4 is 10.6 Å². The second-order valence-corrected chi connectivity index (χ2v) is 7.75. The molecule has 3 heterocycles. The molecule has 1 aromatic rings. The Balaban J connectivity index is 0.00000210. The normalized spacial score (nSPS) is 29.1. The Labute approximate surface area is 166 Å². The molecular weight excluding hydrogens is 366 g/mol. The molecule has 6 nitrogen and oxygen atoms in total. The van der Waals surface area contributed by atoms with E-state index in [4.69, 9.17) is 4.74 Å². The summed E-state index contributed by atoms with van der Waals surface area (Å²) >= 11 is 0. The quantitative estimate of drug-likeness (QED) is 0.824. The van der Waals surface area contributed by atoms with Gasteiger partial charge < -0.3 is 20.3 Å². The standard InChI is InChI=1S/C20H27N3O3.ClH/c1-23(17-11-15-7-8-16(12-17)21-15)20(25)13-4-2-5-14(10-13)22-19(24)18-6-3-9-26-18;/h2,4-5,10,15-18,21H,3,6-9,11-12H2,1H3,(H,22,24);1H. The number of carbonyl (C=O) groups is 2. The summed E-state index contributed by atoms with van der Waals surface area (Å²) in [5.41, 5.74) is 1.26. The van der Waals surface area contributed by atoms with Gasteiger partial charge in [0.25, 0.3) is 11.8 Å². The number of nitrogens with zero attached hydrogens (tertiary/aromatic N) is 1. The maximum Gasteiger partial charge on any atom is 0.253 e. The Morgan fingerprint density at radius 3 is 2.59 bits per heavy atom. The highest BCUT2D eigenvalue weighted by molar-refractivity contribution is 5.98. The molecule has 3 atom stereocenters. The summed E-state index contributed by atoms with van der Waals surface area (Å²) in [6, 6.07) is 8.59. The van der Waals surface area contributed by atoms with E-state index in [0.29, 0.717) is 29.9 Å². The van der Waals surface area contributed by atoms with E-state index in [2.05, 4.69) is 10.6 Å². The van der Waals surface area contributed by atoms with Crippen molar-refractivity contribution >= 4 is 29.9 Å². The Hall–Kier alpha value is -1.63. The first kappa shape index (κ1) is 20.1. The number of benzene rings is 1. The Morgan fingerprint density at radius 1 is 1.19 bits per heavy atom. The lowest BCUT2D eigenvalue weighted by molar-refractivity contribution is -0.124. The number of anilines is 1. The van der Waals surface area contributed by atoms with Crippen LogP contribution in [-0.4, -0.2) is 54.6 Å². The molecule has 3 aliphatic rings. The van der Waals surface area contributed by atoms with Gasteiger partial charge in [-0.3, -0.25) is 9.59 Å². The van der Waals surface area contributed by atoms with E-state index in [1.807, 2.05) is 30.1 Å². The van der Waals surface area contributed by atoms with Crippen LogP contribution in [0.1, 0.15) is 48.9 Å². The van der Waals surface area contributed by atoms with Crippen molar-refractivity contribution in [2.45, 2.75) is 62.8 Å². The minimum atomic E-state index is -0.373. The number of amides is 2. The molecule has 3 saturated heterocycles. The summed E-state index contributed by atoms with van der Waals surface area (Å²) in [6.45, 7) is 0.639. The van der Waals surface area contributed by atoms with Crippen molar-refractivity contribution in [3.63, 3.8) is 0 Å². The van der Waals surface area contributed by atoms with Crippen LogP contribution in [0.2, 0.25) is 0 Å². The summed E-state index contributed by atoms with van der Waals surface area (Å²) in [6.07, 6.45) is 5.78. The molecule has 2 bridgehead atoms. The summed E-state index contributed by atoms with van der Waals surface area (Å²) in [5.74, 6) is -0.111. The maximum atomic E-state index is 12.9. The highest BCUT2D eigenvalue weighted by Crippen LogP contribution is 2.30. The molecule has 2 N–H and O–H groups in total. The van der Waals surface area contributed by atoms with Crippen LogP contribution in [0.15, 0.2) is 24.3 Å². The monoisotopic (exact) mass is 393 g/mol. The molecule has 7 heteroatoms. The van der Waals surface area contributed by atoms with Gasteiger partial charge in [0.2, 0.25) is 0 Å². The molecule has 27 heavy (non-hydrogen) atoms. The number of rotatable bonds is 4. The van der Waals surface area contributed by atoms with Crippen LogP contribution in [0.3, 0.4) is 0 Å². The number of piperidine rings is 1. The van der Waals surface area contributed by atoms with E-state index in [0.717, 1.165) is 25.7 Å². The average molecular weight is 394 g/mol. The van der Waals surface area contributed by atoms with Crippen molar-refractivity contribution in [3.05, 3.63) is 29.8 Å². The Bertz CT molecular complexity index is 681. The van der Waals surface area contributed by atoms with Crippen molar-refractivity contribution in [3.8, 4) is 0 Å². The zero-order chi connectivity index (χ0) is 18.1. The predicted octanol–water partition coefficient (Wildman–Crippen LogP) is 2.58. The number of hydrogen-bond acceptors (Lipinski definition) is 4. The average Bonchev–Trinajstić information content (AvgIpc) is 3.30. The molecule has 0 aliphatic carbocycles. The van der Waals surface area contributed by atoms with Gasteiger partial charge in [-0.2, -0.15) is 0 Å². The second-order valence-electron chi connectivity index (χ2n) is 7.75. The molecule has 3 fully saturated rings. The van der Waals surface area contributed by atoms with Gasteiger partial charge in [-0.1, -0.05) is 6.07 Å². The first-order chi connectivity index (χ1) is 12.6. The smallest absolute Gasteiger partial charge is 0.253 e. The van der Waals surface area contributed by atoms with E-state index in [1.54, 1.807) is 6.07 Å². The third-order valence-corrected chi connectivity index (χ3v) is 5.92. The first-order valence-electron chi connectivity index (χ1n) is 9.66. The maximum absolute atomic E-state index is 12.9. The van der Waals surface area contributed by atoms with Crippen LogP contribution in [-0.2, 0) is 9.53 Å². The Kier molecular flexibility index (Phi) is 6.40. The third-order valence-electron chi connectivity index (χ3n) is 5.92. The lowest BCUT2D eigenvalue weighted by atomic mass is 9.98. The van der Waals surface area contributed by atoms with Gasteiger partial charge >= 0.3 is 0 Å². The topological polar surface area (TPSA) is 70.7 Å². The molecule has 3 unspecified atom stereocenters. The fourth-order valence-electron chi connectivity index (χ4n) is 4.45. The zero-order valence-electron chi connectivity index (χ0n) is 15.6. The fraction of sp³-hybridized carbons (Fsp3) is 0.600. The van der Waals surface area contributed by atoms with Crippen molar-refractivity contribution in [2.75, 3.05) is 19.0 Å². The van der Waals surface area contributed by atoms with Crippen LogP contribution in [0, 0.1) is 0 Å². The number of ether oxygens (including phenoxy) is 1. The van der Waals surface area contributed by atoms with E-state index >= 15 is 0 Å². The van der Waals surface area contributed by atoms with E-state index in [9.17, 15) is 9.59 Å². The van der Waals surface area contributed by atoms with E-state index in [1.165, 1.54) is 12.8 Å². The SMILES string of the molecule is CN(C(=O)c1cccc(NC(=O)C2CCCO2)c1)C1CC2CCC(C1)N2.Cl. The van der Waals surface area contributed by atoms with Gasteiger partial charge in [0.15, 0.2) is 0 Å². The van der Waals surface area contributed by atoms with Crippen LogP contribution in [0.4, 0.5) is 5.69 Å². The Morgan fingerprint density at radius 2 is 1.93 bits per heavy atom. The van der Waals surface area contributed by atoms with Crippen molar-refractivity contribution in [1.29, 1.82) is 0 Å². The van der Waals surface area contributed by atoms with Crippen LogP contribution in [0.25, 0.3) is 0 Å². The highest BCUT2D eigenvalue weighted by atomic mass is 35.5. The number of carbonyl (C=O) groups excluding carboxylic acids is 2. The first-order valence-corrected chi connectivity index (χ1v) is 9.66. The molecule has 0 aromatic heterocycles. The molecule has 1 aromatic carbocycles. The fourth-order valence-corrected chi connectivity index (χ4v) is 4.45. The molecule has 2 amide bonds. The van der Waals surface area contributed by atoms with Gasteiger partial charge in [0.05, 0.1) is 0 Å². The van der Waals surface area contributed by atoms with Crippen LogP contribution >= 0.6 is 12.4 Å². The third kappa shape index (κ3) is 4.45. The zero-order valence-corrected chi connectivity index (χ0v) is 16.5. The van der Waals surface area contributed by atoms with E-state index in [-0.39, 0.29) is 36.4 Å². The van der Waals surface area contributed by atoms with Crippen molar-refractivity contribution in [1.82, 2.24) is 10.2 Å². The molecule has 148 valence electrons. The molecule has 4 rings (SSSR count). The molecule has 0 spiro atoms. The van der Waals surface area contributed by atoms with Gasteiger partial charge in [-0.25, -0.2) is 0 Å². The molecule has 3 aliphatic heterocycles. The lowest BCUT2D eigenvalue weighted by Gasteiger charge is -2.35. The lowest BCUT2D eigenvalue weighted by Crippen LogP contribution is -2.48. The van der Waals surface area contributed by atoms with Gasteiger partial charge in [-0.15, -0.1) is 12.4 Å². The predicted molar refractivity (Wildman–Crippen MR) is 106 cm³/mol. The minimum absolute atomic E-state index is 0. The second kappa shape index (κ2) is 8.59. The van der Waals surface area contributed by atoms with Gasteiger partial charge in [0.1, 0.15) is 6.10 Å². The van der Waals surface area contributed by atoms with Crippen molar-refractivity contribution < 1.29 is 14.3 Å². The number of fused-ring (bicyclic) bond motifs is 2. The number of nitrogens with one attached hydrogen (secondary N) is 2. The van der Waals surface area contributed by atoms with Gasteiger partial charge in [-0.05, 0) is 56.7 Å². The molecular formula is C20H28ClN3O3. The summed E-state index contributed by atoms with van der Waals surface area (Å²) in [5, 5.41) is 6.49.